The third-order valence-corrected chi connectivity index (χ3v) is 5.07. The van der Waals surface area contributed by atoms with Crippen LogP contribution < -0.4 is 9.47 Å². The van der Waals surface area contributed by atoms with Crippen molar-refractivity contribution in [2.45, 2.75) is 32.9 Å². The quantitative estimate of drug-likeness (QED) is 0.362. The number of carbonyl (C=O) groups is 2. The minimum atomic E-state index is -0.809. The Morgan fingerprint density at radius 3 is 2.56 bits per heavy atom. The Balaban J connectivity index is 2.19. The number of hydrogen-bond acceptors (Lipinski definition) is 6. The molecule has 7 heteroatoms. The lowest BCUT2D eigenvalue weighted by atomic mass is 9.94. The largest absolute Gasteiger partial charge is 0.507 e. The maximum atomic E-state index is 13.1. The molecule has 7 nitrogen and oxygen atoms in total. The highest BCUT2D eigenvalue weighted by atomic mass is 16.5. The van der Waals surface area contributed by atoms with Crippen LogP contribution in [0.5, 0.6) is 11.5 Å². The fraction of sp³-hybridized carbons (Fsp3) is 0.360. The maximum Gasteiger partial charge on any atom is 0.295 e. The Bertz CT molecular complexity index is 1010. The van der Waals surface area contributed by atoms with Gasteiger partial charge >= 0.3 is 0 Å². The number of ketones is 1. The number of aliphatic hydroxyl groups is 1. The normalized spacial score (nSPS) is 17.8. The van der Waals surface area contributed by atoms with E-state index in [2.05, 4.69) is 0 Å². The van der Waals surface area contributed by atoms with Crippen molar-refractivity contribution in [2.24, 2.45) is 0 Å². The van der Waals surface area contributed by atoms with Gasteiger partial charge in [-0.15, -0.1) is 0 Å². The van der Waals surface area contributed by atoms with E-state index in [-0.39, 0.29) is 30.6 Å². The first-order valence-electron chi connectivity index (χ1n) is 10.6. The summed E-state index contributed by atoms with van der Waals surface area (Å²) < 4.78 is 16.6. The summed E-state index contributed by atoms with van der Waals surface area (Å²) in [7, 11) is 1.53. The van der Waals surface area contributed by atoms with Crippen molar-refractivity contribution < 1.29 is 28.9 Å². The number of benzene rings is 2. The average molecular weight is 440 g/mol. The molecule has 1 unspecified atom stereocenters. The molecular formula is C25H29NO6. The molecule has 0 aromatic heterocycles. The molecule has 0 aliphatic carbocycles. The van der Waals surface area contributed by atoms with Gasteiger partial charge in [0.2, 0.25) is 0 Å². The maximum absolute atomic E-state index is 13.1. The zero-order valence-electron chi connectivity index (χ0n) is 18.8. The summed E-state index contributed by atoms with van der Waals surface area (Å²) in [5.74, 6) is -0.580. The standard InChI is InChI=1S/C25H29NO6/c1-5-31-18-10-8-9-17(15-18)23(27)21-22(26(13-14-30-4)25(29)24(21)28)19-11-6-7-12-20(19)32-16(2)3/h6-12,15-16,22,27H,5,13-14H2,1-4H3/b23-21-. The van der Waals surface area contributed by atoms with Gasteiger partial charge in [0, 0.05) is 24.8 Å². The van der Waals surface area contributed by atoms with E-state index in [1.807, 2.05) is 32.9 Å². The Hall–Kier alpha value is -3.32. The van der Waals surface area contributed by atoms with Crippen LogP contribution >= 0.6 is 0 Å². The lowest BCUT2D eigenvalue weighted by Crippen LogP contribution is -2.33. The number of hydrogen-bond donors (Lipinski definition) is 1. The van der Waals surface area contributed by atoms with Crippen LogP contribution in [-0.4, -0.2) is 54.7 Å². The molecule has 3 rings (SSSR count). The highest BCUT2D eigenvalue weighted by molar-refractivity contribution is 6.46. The van der Waals surface area contributed by atoms with Gasteiger partial charge in [-0.1, -0.05) is 30.3 Å². The molecule has 1 aliphatic rings. The molecule has 1 aliphatic heterocycles. The summed E-state index contributed by atoms with van der Waals surface area (Å²) in [6.45, 7) is 6.56. The van der Waals surface area contributed by atoms with Crippen molar-refractivity contribution in [1.29, 1.82) is 0 Å². The highest BCUT2D eigenvalue weighted by Gasteiger charge is 2.46. The monoisotopic (exact) mass is 439 g/mol. The number of amides is 1. The predicted molar refractivity (Wildman–Crippen MR) is 121 cm³/mol. The summed E-state index contributed by atoms with van der Waals surface area (Å²) in [6, 6.07) is 13.2. The van der Waals surface area contributed by atoms with Crippen LogP contribution in [0.25, 0.3) is 5.76 Å². The molecule has 1 N–H and O–H groups in total. The molecule has 0 bridgehead atoms. The first kappa shape index (κ1) is 23.3. The molecule has 1 fully saturated rings. The second-order valence-electron chi connectivity index (χ2n) is 7.65. The average Bonchev–Trinajstić information content (AvgIpc) is 3.02. The first-order valence-corrected chi connectivity index (χ1v) is 10.6. The van der Waals surface area contributed by atoms with E-state index in [0.29, 0.717) is 29.2 Å². The second kappa shape index (κ2) is 10.3. The van der Waals surface area contributed by atoms with Gasteiger partial charge < -0.3 is 24.2 Å². The smallest absolute Gasteiger partial charge is 0.295 e. The van der Waals surface area contributed by atoms with Crippen LogP contribution in [0.15, 0.2) is 54.1 Å². The number of methoxy groups -OCH3 is 1. The van der Waals surface area contributed by atoms with Crippen molar-refractivity contribution in [3.63, 3.8) is 0 Å². The zero-order valence-corrected chi connectivity index (χ0v) is 18.8. The summed E-state index contributed by atoms with van der Waals surface area (Å²) in [4.78, 5) is 27.5. The number of carbonyl (C=O) groups excluding carboxylic acids is 2. The fourth-order valence-electron chi connectivity index (χ4n) is 3.75. The van der Waals surface area contributed by atoms with Crippen LogP contribution in [0.1, 0.15) is 37.9 Å². The zero-order chi connectivity index (χ0) is 23.3. The van der Waals surface area contributed by atoms with Crippen molar-refractivity contribution in [3.8, 4) is 11.5 Å². The molecule has 2 aromatic rings. The number of likely N-dealkylation sites (tertiary alicyclic amines) is 1. The third-order valence-electron chi connectivity index (χ3n) is 5.07. The summed E-state index contributed by atoms with van der Waals surface area (Å²) >= 11 is 0. The van der Waals surface area contributed by atoms with Crippen LogP contribution in [0.4, 0.5) is 0 Å². The Labute approximate surface area is 188 Å². The number of rotatable bonds is 9. The van der Waals surface area contributed by atoms with Gasteiger partial charge in [0.15, 0.2) is 0 Å². The third kappa shape index (κ3) is 4.78. The molecular weight excluding hydrogens is 410 g/mol. The van der Waals surface area contributed by atoms with Crippen molar-refractivity contribution >= 4 is 17.4 Å². The van der Waals surface area contributed by atoms with E-state index < -0.39 is 17.7 Å². The molecule has 1 heterocycles. The van der Waals surface area contributed by atoms with Crippen LogP contribution in [0.3, 0.4) is 0 Å². The number of para-hydroxylation sites is 1. The predicted octanol–water partition coefficient (Wildman–Crippen LogP) is 3.94. The van der Waals surface area contributed by atoms with Crippen molar-refractivity contribution in [3.05, 3.63) is 65.2 Å². The summed E-state index contributed by atoms with van der Waals surface area (Å²) in [5.41, 5.74) is 1.03. The van der Waals surface area contributed by atoms with Gasteiger partial charge in [0.1, 0.15) is 17.3 Å². The lowest BCUT2D eigenvalue weighted by Gasteiger charge is -2.27. The number of Topliss-reactive ketones (excluding diaryl/α,β-unsaturated/α-hetero) is 1. The molecule has 0 radical (unpaired) electrons. The first-order chi connectivity index (χ1) is 15.4. The SMILES string of the molecule is CCOc1cccc(/C(O)=C2/C(=O)C(=O)N(CCOC)C2c2ccccc2OC(C)C)c1. The second-order valence-corrected chi connectivity index (χ2v) is 7.65. The topological polar surface area (TPSA) is 85.3 Å². The number of ether oxygens (including phenoxy) is 3. The van der Waals surface area contributed by atoms with Crippen LogP contribution in [-0.2, 0) is 14.3 Å². The van der Waals surface area contributed by atoms with Crippen LogP contribution in [0.2, 0.25) is 0 Å². The molecule has 0 saturated carbocycles. The Morgan fingerprint density at radius 2 is 1.88 bits per heavy atom. The van der Waals surface area contributed by atoms with Gasteiger partial charge in [-0.2, -0.15) is 0 Å². The van der Waals surface area contributed by atoms with E-state index in [1.54, 1.807) is 36.4 Å². The molecule has 1 atom stereocenters. The van der Waals surface area contributed by atoms with Crippen LogP contribution in [0, 0.1) is 0 Å². The molecule has 1 amide bonds. The van der Waals surface area contributed by atoms with E-state index >= 15 is 0 Å². The van der Waals surface area contributed by atoms with Gasteiger partial charge in [-0.25, -0.2) is 0 Å². The molecule has 1 saturated heterocycles. The van der Waals surface area contributed by atoms with E-state index in [4.69, 9.17) is 14.2 Å². The highest BCUT2D eigenvalue weighted by Crippen LogP contribution is 2.43. The molecule has 32 heavy (non-hydrogen) atoms. The Morgan fingerprint density at radius 1 is 1.12 bits per heavy atom. The minimum Gasteiger partial charge on any atom is -0.507 e. The Kier molecular flexibility index (Phi) is 7.53. The fourth-order valence-corrected chi connectivity index (χ4v) is 3.75. The van der Waals surface area contributed by atoms with E-state index in [9.17, 15) is 14.7 Å². The molecule has 2 aromatic carbocycles. The summed E-state index contributed by atoms with van der Waals surface area (Å²) in [5, 5.41) is 11.2. The summed E-state index contributed by atoms with van der Waals surface area (Å²) in [6.07, 6.45) is -0.111. The van der Waals surface area contributed by atoms with Crippen molar-refractivity contribution in [1.82, 2.24) is 4.90 Å². The van der Waals surface area contributed by atoms with Gasteiger partial charge in [0.25, 0.3) is 11.7 Å². The number of nitrogens with zero attached hydrogens (tertiary/aromatic N) is 1. The minimum absolute atomic E-state index is 0.0135. The van der Waals surface area contributed by atoms with Crippen molar-refractivity contribution in [2.75, 3.05) is 26.9 Å². The lowest BCUT2D eigenvalue weighted by molar-refractivity contribution is -0.140. The van der Waals surface area contributed by atoms with Gasteiger partial charge in [0.05, 0.1) is 30.9 Å². The van der Waals surface area contributed by atoms with E-state index in [0.717, 1.165) is 0 Å². The number of aliphatic hydroxyl groups excluding tert-OH is 1. The molecule has 0 spiro atoms. The van der Waals surface area contributed by atoms with Gasteiger partial charge in [-0.05, 0) is 39.0 Å². The molecule has 170 valence electrons. The van der Waals surface area contributed by atoms with Gasteiger partial charge in [-0.3, -0.25) is 9.59 Å². The van der Waals surface area contributed by atoms with E-state index in [1.165, 1.54) is 12.0 Å².